The number of benzene rings is 2. The van der Waals surface area contributed by atoms with Crippen LogP contribution in [-0.2, 0) is 6.54 Å². The maximum atomic E-state index is 6.16. The van der Waals surface area contributed by atoms with Gasteiger partial charge in [0.05, 0.1) is 5.52 Å². The number of fused-ring (bicyclic) bond motifs is 3. The van der Waals surface area contributed by atoms with Gasteiger partial charge < -0.3 is 9.47 Å². The summed E-state index contributed by atoms with van der Waals surface area (Å²) in [5.74, 6) is 0. The van der Waals surface area contributed by atoms with Crippen molar-refractivity contribution >= 4 is 33.4 Å². The van der Waals surface area contributed by atoms with E-state index >= 15 is 0 Å². The summed E-state index contributed by atoms with van der Waals surface area (Å²) < 4.78 is 2.36. The Kier molecular flexibility index (Phi) is 3.21. The molecule has 98 valence electrons. The van der Waals surface area contributed by atoms with Crippen molar-refractivity contribution in [1.82, 2.24) is 9.47 Å². The monoisotopic (exact) mass is 272 g/mol. The predicted molar refractivity (Wildman–Crippen MR) is 83.0 cm³/mol. The number of rotatable bonds is 3. The van der Waals surface area contributed by atoms with Crippen molar-refractivity contribution in [3.8, 4) is 0 Å². The molecule has 3 aromatic rings. The van der Waals surface area contributed by atoms with E-state index in [2.05, 4.69) is 60.0 Å². The molecule has 1 heterocycles. The van der Waals surface area contributed by atoms with Gasteiger partial charge in [-0.2, -0.15) is 0 Å². The summed E-state index contributed by atoms with van der Waals surface area (Å²) in [6.45, 7) is 1.98. The lowest BCUT2D eigenvalue weighted by Crippen LogP contribution is -2.18. The highest BCUT2D eigenvalue weighted by atomic mass is 35.5. The Labute approximate surface area is 118 Å². The third-order valence-electron chi connectivity index (χ3n) is 3.51. The lowest BCUT2D eigenvalue weighted by Gasteiger charge is -2.12. The van der Waals surface area contributed by atoms with Gasteiger partial charge in [0.2, 0.25) is 0 Å². The standard InChI is InChI=1S/C16H17ClN2/c1-18(2)9-10-19-15-6-4-3-5-13(15)14-8-7-12(17)11-16(14)19/h3-8,11H,9-10H2,1-2H3. The van der Waals surface area contributed by atoms with E-state index in [9.17, 15) is 0 Å². The van der Waals surface area contributed by atoms with E-state index in [0.29, 0.717) is 0 Å². The van der Waals surface area contributed by atoms with E-state index < -0.39 is 0 Å². The van der Waals surface area contributed by atoms with Gasteiger partial charge in [0.1, 0.15) is 0 Å². The lowest BCUT2D eigenvalue weighted by molar-refractivity contribution is 0.389. The highest BCUT2D eigenvalue weighted by molar-refractivity contribution is 6.31. The average Bonchev–Trinajstić information content (AvgIpc) is 2.69. The Hall–Kier alpha value is -1.51. The lowest BCUT2D eigenvalue weighted by atomic mass is 10.2. The van der Waals surface area contributed by atoms with Crippen LogP contribution >= 0.6 is 11.6 Å². The molecule has 0 saturated carbocycles. The van der Waals surface area contributed by atoms with Gasteiger partial charge in [-0.15, -0.1) is 0 Å². The SMILES string of the molecule is CN(C)CCn1c2ccccc2c2ccc(Cl)cc21. The number of nitrogens with zero attached hydrogens (tertiary/aromatic N) is 2. The molecule has 0 aliphatic rings. The van der Waals surface area contributed by atoms with Crippen LogP contribution in [0.3, 0.4) is 0 Å². The van der Waals surface area contributed by atoms with Crippen molar-refractivity contribution < 1.29 is 0 Å². The Bertz CT molecular complexity index is 728. The van der Waals surface area contributed by atoms with E-state index in [-0.39, 0.29) is 0 Å². The van der Waals surface area contributed by atoms with Gasteiger partial charge in [0, 0.05) is 34.4 Å². The van der Waals surface area contributed by atoms with Gasteiger partial charge in [0.25, 0.3) is 0 Å². The molecule has 0 saturated heterocycles. The highest BCUT2D eigenvalue weighted by Crippen LogP contribution is 2.30. The molecule has 1 aromatic heterocycles. The van der Waals surface area contributed by atoms with E-state index in [1.165, 1.54) is 21.8 Å². The third-order valence-corrected chi connectivity index (χ3v) is 3.74. The summed E-state index contributed by atoms with van der Waals surface area (Å²) in [5.41, 5.74) is 2.50. The van der Waals surface area contributed by atoms with E-state index in [1.54, 1.807) is 0 Å². The van der Waals surface area contributed by atoms with Gasteiger partial charge in [0.15, 0.2) is 0 Å². The quantitative estimate of drug-likeness (QED) is 0.699. The molecule has 3 rings (SSSR count). The van der Waals surface area contributed by atoms with Gasteiger partial charge >= 0.3 is 0 Å². The van der Waals surface area contributed by atoms with E-state index in [1.807, 2.05) is 6.07 Å². The Morgan fingerprint density at radius 3 is 2.53 bits per heavy atom. The second kappa shape index (κ2) is 4.87. The molecule has 19 heavy (non-hydrogen) atoms. The summed E-state index contributed by atoms with van der Waals surface area (Å²) in [7, 11) is 4.20. The fourth-order valence-electron chi connectivity index (χ4n) is 2.56. The Morgan fingerprint density at radius 1 is 1.00 bits per heavy atom. The van der Waals surface area contributed by atoms with Crippen molar-refractivity contribution in [3.63, 3.8) is 0 Å². The molecule has 0 spiro atoms. The molecule has 0 radical (unpaired) electrons. The zero-order valence-corrected chi connectivity index (χ0v) is 12.0. The molecule has 0 atom stereocenters. The van der Waals surface area contributed by atoms with Crippen LogP contribution in [0.4, 0.5) is 0 Å². The fraction of sp³-hybridized carbons (Fsp3) is 0.250. The number of hydrogen-bond acceptors (Lipinski definition) is 1. The second-order valence-electron chi connectivity index (χ2n) is 5.13. The molecular weight excluding hydrogens is 256 g/mol. The summed E-state index contributed by atoms with van der Waals surface area (Å²) in [5, 5.41) is 3.37. The minimum absolute atomic E-state index is 0.793. The number of likely N-dealkylation sites (N-methyl/N-ethyl adjacent to an activating group) is 1. The first-order valence-electron chi connectivity index (χ1n) is 6.48. The molecule has 0 N–H and O–H groups in total. The molecule has 0 amide bonds. The van der Waals surface area contributed by atoms with Crippen LogP contribution in [0.5, 0.6) is 0 Å². The van der Waals surface area contributed by atoms with Crippen molar-refractivity contribution in [2.45, 2.75) is 6.54 Å². The molecule has 0 aliphatic heterocycles. The Morgan fingerprint density at radius 2 is 1.74 bits per heavy atom. The predicted octanol–water partition coefficient (Wildman–Crippen LogP) is 4.01. The van der Waals surface area contributed by atoms with E-state index in [0.717, 1.165) is 18.1 Å². The highest BCUT2D eigenvalue weighted by Gasteiger charge is 2.10. The smallest absolute Gasteiger partial charge is 0.0506 e. The molecule has 0 bridgehead atoms. The first kappa shape index (κ1) is 12.5. The minimum Gasteiger partial charge on any atom is -0.339 e. The molecule has 0 unspecified atom stereocenters. The second-order valence-corrected chi connectivity index (χ2v) is 5.57. The maximum Gasteiger partial charge on any atom is 0.0506 e. The summed E-state index contributed by atoms with van der Waals surface area (Å²) in [6, 6.07) is 14.7. The zero-order valence-electron chi connectivity index (χ0n) is 11.2. The molecule has 3 heteroatoms. The number of hydrogen-bond donors (Lipinski definition) is 0. The van der Waals surface area contributed by atoms with Crippen molar-refractivity contribution in [2.24, 2.45) is 0 Å². The van der Waals surface area contributed by atoms with Crippen LogP contribution < -0.4 is 0 Å². The van der Waals surface area contributed by atoms with Gasteiger partial charge in [-0.05, 0) is 32.3 Å². The van der Waals surface area contributed by atoms with Gasteiger partial charge in [-0.1, -0.05) is 35.9 Å². The maximum absolute atomic E-state index is 6.16. The summed E-state index contributed by atoms with van der Waals surface area (Å²) in [6.07, 6.45) is 0. The van der Waals surface area contributed by atoms with Crippen LogP contribution in [0.25, 0.3) is 21.8 Å². The first-order valence-corrected chi connectivity index (χ1v) is 6.86. The normalized spacial score (nSPS) is 11.8. The molecule has 2 nitrogen and oxygen atoms in total. The largest absolute Gasteiger partial charge is 0.339 e. The van der Waals surface area contributed by atoms with Crippen molar-refractivity contribution in [2.75, 3.05) is 20.6 Å². The van der Waals surface area contributed by atoms with Crippen molar-refractivity contribution in [1.29, 1.82) is 0 Å². The van der Waals surface area contributed by atoms with E-state index in [4.69, 9.17) is 11.6 Å². The number of para-hydroxylation sites is 1. The summed E-state index contributed by atoms with van der Waals surface area (Å²) >= 11 is 6.16. The molecule has 0 aliphatic carbocycles. The molecule has 0 fully saturated rings. The van der Waals surface area contributed by atoms with Crippen LogP contribution in [-0.4, -0.2) is 30.1 Å². The zero-order chi connectivity index (χ0) is 13.4. The fourth-order valence-corrected chi connectivity index (χ4v) is 2.73. The number of aromatic nitrogens is 1. The molecule has 2 aromatic carbocycles. The summed E-state index contributed by atoms with van der Waals surface area (Å²) in [4.78, 5) is 2.20. The van der Waals surface area contributed by atoms with Crippen LogP contribution in [0.15, 0.2) is 42.5 Å². The van der Waals surface area contributed by atoms with Gasteiger partial charge in [-0.3, -0.25) is 0 Å². The average molecular weight is 273 g/mol. The van der Waals surface area contributed by atoms with Crippen LogP contribution in [0, 0.1) is 0 Å². The topological polar surface area (TPSA) is 8.17 Å². The van der Waals surface area contributed by atoms with Crippen LogP contribution in [0.1, 0.15) is 0 Å². The van der Waals surface area contributed by atoms with Crippen molar-refractivity contribution in [3.05, 3.63) is 47.5 Å². The molecular formula is C16H17ClN2. The Balaban J connectivity index is 2.27. The first-order chi connectivity index (χ1) is 9.16. The van der Waals surface area contributed by atoms with Gasteiger partial charge in [-0.25, -0.2) is 0 Å². The third kappa shape index (κ3) is 2.22. The minimum atomic E-state index is 0.793. The number of halogens is 1. The van der Waals surface area contributed by atoms with Crippen LogP contribution in [0.2, 0.25) is 5.02 Å².